The fraction of sp³-hybridized carbons (Fsp3) is 0.818. The minimum absolute atomic E-state index is 0.254. The lowest BCUT2D eigenvalue weighted by Gasteiger charge is -2.41. The summed E-state index contributed by atoms with van der Waals surface area (Å²) in [5, 5.41) is 13.7. The molecule has 0 aliphatic heterocycles. The van der Waals surface area contributed by atoms with Crippen LogP contribution in [-0.2, 0) is 4.79 Å². The first-order valence-electron chi connectivity index (χ1n) is 5.76. The Hall–Kier alpha value is -1.26. The molecule has 2 amide bonds. The Morgan fingerprint density at radius 1 is 1.44 bits per heavy atom. The lowest BCUT2D eigenvalue weighted by molar-refractivity contribution is -0.138. The van der Waals surface area contributed by atoms with Crippen LogP contribution in [0, 0.1) is 5.41 Å². The second kappa shape index (κ2) is 5.18. The molecule has 1 atom stereocenters. The molecule has 0 bridgehead atoms. The fourth-order valence-electron chi connectivity index (χ4n) is 1.91. The van der Waals surface area contributed by atoms with E-state index >= 15 is 0 Å². The molecule has 5 nitrogen and oxygen atoms in total. The van der Waals surface area contributed by atoms with Crippen molar-refractivity contribution in [2.24, 2.45) is 5.41 Å². The summed E-state index contributed by atoms with van der Waals surface area (Å²) in [6, 6.07) is -1.24. The summed E-state index contributed by atoms with van der Waals surface area (Å²) in [5.74, 6) is -1.02. The second-order valence-electron chi connectivity index (χ2n) is 4.59. The number of carboxylic acid groups (broad SMARTS) is 1. The van der Waals surface area contributed by atoms with Crippen LogP contribution in [0.1, 0.15) is 39.5 Å². The van der Waals surface area contributed by atoms with Crippen molar-refractivity contribution < 1.29 is 14.7 Å². The number of aliphatic carboxylic acids is 1. The number of amides is 2. The Morgan fingerprint density at radius 3 is 2.44 bits per heavy atom. The van der Waals surface area contributed by atoms with Gasteiger partial charge in [-0.15, -0.1) is 0 Å². The molecule has 16 heavy (non-hydrogen) atoms. The number of hydrogen-bond acceptors (Lipinski definition) is 2. The van der Waals surface area contributed by atoms with Crippen LogP contribution in [0.5, 0.6) is 0 Å². The van der Waals surface area contributed by atoms with Gasteiger partial charge in [-0.25, -0.2) is 4.79 Å². The standard InChI is InChI=1S/C11H20N2O3/c1-3-11(5-4-6-11)7-12-10(16)13-8(2)9(14)15/h8H,3-7H2,1-2H3,(H,14,15)(H2,12,13,16). The topological polar surface area (TPSA) is 78.4 Å². The van der Waals surface area contributed by atoms with Crippen LogP contribution >= 0.6 is 0 Å². The zero-order chi connectivity index (χ0) is 12.2. The van der Waals surface area contributed by atoms with E-state index in [1.165, 1.54) is 13.3 Å². The summed E-state index contributed by atoms with van der Waals surface area (Å²) < 4.78 is 0. The molecule has 0 heterocycles. The van der Waals surface area contributed by atoms with Gasteiger partial charge < -0.3 is 15.7 Å². The first-order valence-corrected chi connectivity index (χ1v) is 5.76. The van der Waals surface area contributed by atoms with E-state index in [1.807, 2.05) is 0 Å². The molecule has 1 rings (SSSR count). The minimum Gasteiger partial charge on any atom is -0.480 e. The number of carbonyl (C=O) groups is 2. The lowest BCUT2D eigenvalue weighted by Crippen LogP contribution is -2.49. The Labute approximate surface area is 95.6 Å². The number of carbonyl (C=O) groups excluding carboxylic acids is 1. The molecule has 5 heteroatoms. The van der Waals surface area contributed by atoms with Gasteiger partial charge in [0.1, 0.15) is 6.04 Å². The highest BCUT2D eigenvalue weighted by Crippen LogP contribution is 2.42. The fourth-order valence-corrected chi connectivity index (χ4v) is 1.91. The maximum Gasteiger partial charge on any atom is 0.325 e. The van der Waals surface area contributed by atoms with E-state index in [4.69, 9.17) is 5.11 Å². The van der Waals surface area contributed by atoms with E-state index in [1.54, 1.807) is 0 Å². The van der Waals surface area contributed by atoms with Crippen molar-refractivity contribution in [2.45, 2.75) is 45.6 Å². The summed E-state index contributed by atoms with van der Waals surface area (Å²) in [7, 11) is 0. The zero-order valence-corrected chi connectivity index (χ0v) is 9.88. The van der Waals surface area contributed by atoms with Gasteiger partial charge in [-0.2, -0.15) is 0 Å². The summed E-state index contributed by atoms with van der Waals surface area (Å²) in [6.07, 6.45) is 4.58. The molecule has 1 saturated carbocycles. The maximum absolute atomic E-state index is 11.4. The average Bonchev–Trinajstić information content (AvgIpc) is 2.16. The number of urea groups is 1. The third-order valence-corrected chi connectivity index (χ3v) is 3.51. The van der Waals surface area contributed by atoms with Gasteiger partial charge in [0.05, 0.1) is 0 Å². The first kappa shape index (κ1) is 12.8. The summed E-state index contributed by atoms with van der Waals surface area (Å²) in [5.41, 5.74) is 0.254. The predicted octanol–water partition coefficient (Wildman–Crippen LogP) is 1.34. The van der Waals surface area contributed by atoms with Crippen LogP contribution in [0.25, 0.3) is 0 Å². The van der Waals surface area contributed by atoms with Gasteiger partial charge in [-0.3, -0.25) is 4.79 Å². The van der Waals surface area contributed by atoms with Gasteiger partial charge in [0.25, 0.3) is 0 Å². The van der Waals surface area contributed by atoms with Crippen LogP contribution in [0.3, 0.4) is 0 Å². The Balaban J connectivity index is 2.27. The van der Waals surface area contributed by atoms with Crippen molar-refractivity contribution >= 4 is 12.0 Å². The quantitative estimate of drug-likeness (QED) is 0.664. The summed E-state index contributed by atoms with van der Waals surface area (Å²) in [4.78, 5) is 21.9. The number of nitrogens with one attached hydrogen (secondary N) is 2. The van der Waals surface area contributed by atoms with Crippen molar-refractivity contribution in [1.82, 2.24) is 10.6 Å². The molecule has 0 aromatic heterocycles. The van der Waals surface area contributed by atoms with Crippen molar-refractivity contribution in [3.8, 4) is 0 Å². The molecule has 1 aliphatic carbocycles. The van der Waals surface area contributed by atoms with Gasteiger partial charge >= 0.3 is 12.0 Å². The van der Waals surface area contributed by atoms with Crippen LogP contribution in [0.15, 0.2) is 0 Å². The molecular weight excluding hydrogens is 208 g/mol. The van der Waals surface area contributed by atoms with E-state index in [-0.39, 0.29) is 5.41 Å². The van der Waals surface area contributed by atoms with Crippen LogP contribution in [0.4, 0.5) is 4.79 Å². The van der Waals surface area contributed by atoms with E-state index in [9.17, 15) is 9.59 Å². The third-order valence-electron chi connectivity index (χ3n) is 3.51. The molecule has 0 saturated heterocycles. The monoisotopic (exact) mass is 228 g/mol. The first-order chi connectivity index (χ1) is 7.49. The largest absolute Gasteiger partial charge is 0.480 e. The molecular formula is C11H20N2O3. The highest BCUT2D eigenvalue weighted by molar-refractivity contribution is 5.82. The smallest absolute Gasteiger partial charge is 0.325 e. The highest BCUT2D eigenvalue weighted by atomic mass is 16.4. The SMILES string of the molecule is CCC1(CNC(=O)NC(C)C(=O)O)CCC1. The van der Waals surface area contributed by atoms with Crippen LogP contribution in [-0.4, -0.2) is 29.7 Å². The zero-order valence-electron chi connectivity index (χ0n) is 9.88. The number of carboxylic acids is 1. The molecule has 0 aromatic rings. The van der Waals surface area contributed by atoms with Gasteiger partial charge in [0.2, 0.25) is 0 Å². The third kappa shape index (κ3) is 3.12. The molecule has 1 unspecified atom stereocenters. The van der Waals surface area contributed by atoms with Gasteiger partial charge in [0, 0.05) is 6.54 Å². The van der Waals surface area contributed by atoms with Crippen molar-refractivity contribution in [1.29, 1.82) is 0 Å². The number of rotatable bonds is 5. The molecule has 3 N–H and O–H groups in total. The summed E-state index contributed by atoms with van der Waals surface area (Å²) in [6.45, 7) is 4.21. The van der Waals surface area contributed by atoms with Gasteiger partial charge in [-0.1, -0.05) is 13.3 Å². The summed E-state index contributed by atoms with van der Waals surface area (Å²) >= 11 is 0. The van der Waals surface area contributed by atoms with Crippen molar-refractivity contribution in [3.05, 3.63) is 0 Å². The van der Waals surface area contributed by atoms with E-state index < -0.39 is 18.0 Å². The normalized spacial score (nSPS) is 19.4. The Bertz CT molecular complexity index is 269. The van der Waals surface area contributed by atoms with Crippen LogP contribution in [0.2, 0.25) is 0 Å². The molecule has 92 valence electrons. The highest BCUT2D eigenvalue weighted by Gasteiger charge is 2.35. The maximum atomic E-state index is 11.4. The van der Waals surface area contributed by atoms with Gasteiger partial charge in [0.15, 0.2) is 0 Å². The minimum atomic E-state index is -1.02. The van der Waals surface area contributed by atoms with E-state index in [2.05, 4.69) is 17.6 Å². The van der Waals surface area contributed by atoms with Crippen LogP contribution < -0.4 is 10.6 Å². The molecule has 0 aromatic carbocycles. The molecule has 1 aliphatic rings. The average molecular weight is 228 g/mol. The lowest BCUT2D eigenvalue weighted by atomic mass is 9.67. The predicted molar refractivity (Wildman–Crippen MR) is 60.2 cm³/mol. The molecule has 0 radical (unpaired) electrons. The Kier molecular flexibility index (Phi) is 4.15. The van der Waals surface area contributed by atoms with Crippen molar-refractivity contribution in [2.75, 3.05) is 6.54 Å². The second-order valence-corrected chi connectivity index (χ2v) is 4.59. The van der Waals surface area contributed by atoms with Gasteiger partial charge in [-0.05, 0) is 31.6 Å². The Morgan fingerprint density at radius 2 is 2.06 bits per heavy atom. The van der Waals surface area contributed by atoms with E-state index in [0.717, 1.165) is 19.3 Å². The number of hydrogen-bond donors (Lipinski definition) is 3. The van der Waals surface area contributed by atoms with E-state index in [0.29, 0.717) is 6.54 Å². The van der Waals surface area contributed by atoms with Crippen molar-refractivity contribution in [3.63, 3.8) is 0 Å². The molecule has 0 spiro atoms. The molecule has 1 fully saturated rings.